The van der Waals surface area contributed by atoms with Gasteiger partial charge in [-0.25, -0.2) is 0 Å². The van der Waals surface area contributed by atoms with Crippen LogP contribution < -0.4 is 0 Å². The van der Waals surface area contributed by atoms with Crippen molar-refractivity contribution in [3.63, 3.8) is 0 Å². The van der Waals surface area contributed by atoms with E-state index in [1.54, 1.807) is 0 Å². The molecule has 0 aliphatic rings. The van der Waals surface area contributed by atoms with Crippen LogP contribution in [0.25, 0.3) is 0 Å². The number of benzene rings is 7. The molecule has 0 aromatic heterocycles. The summed E-state index contributed by atoms with van der Waals surface area (Å²) in [4.78, 5) is 0. The first-order valence-electron chi connectivity index (χ1n) is 15.3. The first-order valence-corrected chi connectivity index (χ1v) is 15.3. The van der Waals surface area contributed by atoms with Gasteiger partial charge >= 0.3 is 0 Å². The largest absolute Gasteiger partial charge is 0.0704 e. The minimum absolute atomic E-state index is 0.593. The van der Waals surface area contributed by atoms with E-state index in [1.807, 2.05) is 0 Å². The maximum atomic E-state index is 2.35. The van der Waals surface area contributed by atoms with Gasteiger partial charge in [0.25, 0.3) is 0 Å². The zero-order chi connectivity index (χ0) is 29.7. The summed E-state index contributed by atoms with van der Waals surface area (Å²) in [7, 11) is 0. The van der Waals surface area contributed by atoms with Gasteiger partial charge in [-0.05, 0) is 44.5 Å². The molecule has 0 spiro atoms. The van der Waals surface area contributed by atoms with E-state index in [0.29, 0.717) is 0 Å². The topological polar surface area (TPSA) is 0 Å². The van der Waals surface area contributed by atoms with Crippen molar-refractivity contribution in [2.75, 3.05) is 0 Å². The van der Waals surface area contributed by atoms with Crippen molar-refractivity contribution in [3.05, 3.63) is 251 Å². The monoisotopic (exact) mass is 562 g/mol. The molecule has 0 amide bonds. The molecule has 0 N–H and O–H groups in total. The molecular formula is C44H34. The van der Waals surface area contributed by atoms with Gasteiger partial charge in [-0.3, -0.25) is 0 Å². The molecule has 7 rings (SSSR count). The molecule has 0 bridgehead atoms. The minimum Gasteiger partial charge on any atom is -0.0622 e. The zero-order valence-corrected chi connectivity index (χ0v) is 24.6. The molecular weight excluding hydrogens is 528 g/mol. The number of hydrogen-bond donors (Lipinski definition) is 0. The smallest absolute Gasteiger partial charge is 0.0622 e. The molecule has 0 aliphatic heterocycles. The Kier molecular flexibility index (Phi) is 7.49. The lowest BCUT2D eigenvalue weighted by molar-refractivity contribution is 0.677. The van der Waals surface area contributed by atoms with Crippen LogP contribution in [-0.2, 0) is 10.8 Å². The van der Waals surface area contributed by atoms with Crippen LogP contribution in [0.2, 0.25) is 0 Å². The highest BCUT2D eigenvalue weighted by Gasteiger charge is 2.46. The second-order valence-electron chi connectivity index (χ2n) is 11.2. The summed E-state index contributed by atoms with van der Waals surface area (Å²) in [5.74, 6) is 0. The van der Waals surface area contributed by atoms with E-state index in [0.717, 1.165) is 0 Å². The van der Waals surface area contributed by atoms with Gasteiger partial charge in [0.2, 0.25) is 0 Å². The standard InChI is InChI=1S/C44H34/c1-7-21-35(22-8-1)43(36-23-9-2-10-24-36,37-25-11-3-12-26-37)41-33-19-20-34-42(41)44(38-27-13-4-14-28-38,39-29-15-5-16-30-39)40-31-17-6-18-32-40/h1-34H. The Labute approximate surface area is 261 Å². The van der Waals surface area contributed by atoms with Gasteiger partial charge in [0.05, 0.1) is 10.8 Å². The van der Waals surface area contributed by atoms with E-state index >= 15 is 0 Å². The van der Waals surface area contributed by atoms with Crippen LogP contribution >= 0.6 is 0 Å². The molecule has 0 saturated heterocycles. The van der Waals surface area contributed by atoms with Crippen molar-refractivity contribution in [1.29, 1.82) is 0 Å². The average Bonchev–Trinajstić information content (AvgIpc) is 3.12. The summed E-state index contributed by atoms with van der Waals surface area (Å²) in [6.07, 6.45) is 0. The highest BCUT2D eigenvalue weighted by molar-refractivity contribution is 5.68. The first-order chi connectivity index (χ1) is 21.9. The Morgan fingerprint density at radius 3 is 0.523 bits per heavy atom. The van der Waals surface area contributed by atoms with Crippen LogP contribution in [0, 0.1) is 0 Å². The van der Waals surface area contributed by atoms with Crippen molar-refractivity contribution in [2.24, 2.45) is 0 Å². The molecule has 210 valence electrons. The van der Waals surface area contributed by atoms with E-state index in [2.05, 4.69) is 206 Å². The summed E-state index contributed by atoms with van der Waals surface area (Å²) in [6.45, 7) is 0. The Hall–Kier alpha value is -5.46. The van der Waals surface area contributed by atoms with Gasteiger partial charge < -0.3 is 0 Å². The van der Waals surface area contributed by atoms with Gasteiger partial charge in [0.1, 0.15) is 0 Å². The fourth-order valence-corrected chi connectivity index (χ4v) is 7.20. The summed E-state index contributed by atoms with van der Waals surface area (Å²) in [5.41, 5.74) is 8.69. The molecule has 7 aromatic carbocycles. The van der Waals surface area contributed by atoms with Gasteiger partial charge in [-0.1, -0.05) is 206 Å². The lowest BCUT2D eigenvalue weighted by Gasteiger charge is -2.44. The fraction of sp³-hybridized carbons (Fsp3) is 0.0455. The molecule has 44 heavy (non-hydrogen) atoms. The molecule has 0 fully saturated rings. The third kappa shape index (κ3) is 4.48. The van der Waals surface area contributed by atoms with Crippen LogP contribution in [0.4, 0.5) is 0 Å². The maximum absolute atomic E-state index is 2.35. The predicted molar refractivity (Wildman–Crippen MR) is 183 cm³/mol. The third-order valence-electron chi connectivity index (χ3n) is 8.98. The second kappa shape index (κ2) is 12.0. The van der Waals surface area contributed by atoms with Crippen LogP contribution in [0.15, 0.2) is 206 Å². The van der Waals surface area contributed by atoms with Crippen LogP contribution in [0.1, 0.15) is 44.5 Å². The van der Waals surface area contributed by atoms with Crippen LogP contribution in [0.5, 0.6) is 0 Å². The van der Waals surface area contributed by atoms with E-state index in [9.17, 15) is 0 Å². The number of hydrogen-bond acceptors (Lipinski definition) is 0. The van der Waals surface area contributed by atoms with Crippen molar-refractivity contribution >= 4 is 0 Å². The van der Waals surface area contributed by atoms with E-state index < -0.39 is 10.8 Å². The Bertz CT molecular complexity index is 1570. The van der Waals surface area contributed by atoms with Crippen molar-refractivity contribution in [3.8, 4) is 0 Å². The zero-order valence-electron chi connectivity index (χ0n) is 24.6. The molecule has 0 heteroatoms. The lowest BCUT2D eigenvalue weighted by Crippen LogP contribution is -2.38. The normalized spacial score (nSPS) is 11.6. The quantitative estimate of drug-likeness (QED) is 0.162. The summed E-state index contributed by atoms with van der Waals surface area (Å²) in [6, 6.07) is 75.1. The Balaban J connectivity index is 1.71. The fourth-order valence-electron chi connectivity index (χ4n) is 7.20. The molecule has 0 saturated carbocycles. The first kappa shape index (κ1) is 27.4. The van der Waals surface area contributed by atoms with Gasteiger partial charge in [0.15, 0.2) is 0 Å². The van der Waals surface area contributed by atoms with E-state index in [4.69, 9.17) is 0 Å². The molecule has 0 heterocycles. The van der Waals surface area contributed by atoms with Gasteiger partial charge in [-0.15, -0.1) is 0 Å². The van der Waals surface area contributed by atoms with Crippen molar-refractivity contribution in [1.82, 2.24) is 0 Å². The second-order valence-corrected chi connectivity index (χ2v) is 11.2. The summed E-state index contributed by atoms with van der Waals surface area (Å²) < 4.78 is 0. The minimum atomic E-state index is -0.593. The summed E-state index contributed by atoms with van der Waals surface area (Å²) in [5, 5.41) is 0. The molecule has 0 atom stereocenters. The molecule has 0 nitrogen and oxygen atoms in total. The SMILES string of the molecule is c1ccc(C(c2ccccc2)(c2ccccc2)c2ccccc2C(c2ccccc2)(c2ccccc2)c2ccccc2)cc1. The number of rotatable bonds is 8. The predicted octanol–water partition coefficient (Wildman–Crippen LogP) is 10.5. The van der Waals surface area contributed by atoms with Crippen LogP contribution in [0.3, 0.4) is 0 Å². The highest BCUT2D eigenvalue weighted by atomic mass is 14.5. The molecule has 0 aliphatic carbocycles. The van der Waals surface area contributed by atoms with Gasteiger partial charge in [-0.2, -0.15) is 0 Å². The van der Waals surface area contributed by atoms with Crippen molar-refractivity contribution in [2.45, 2.75) is 10.8 Å². The molecule has 0 unspecified atom stereocenters. The van der Waals surface area contributed by atoms with E-state index in [-0.39, 0.29) is 0 Å². The van der Waals surface area contributed by atoms with E-state index in [1.165, 1.54) is 44.5 Å². The lowest BCUT2D eigenvalue weighted by atomic mass is 9.57. The van der Waals surface area contributed by atoms with Gasteiger partial charge in [0, 0.05) is 0 Å². The van der Waals surface area contributed by atoms with Crippen molar-refractivity contribution < 1.29 is 0 Å². The molecule has 0 radical (unpaired) electrons. The average molecular weight is 563 g/mol. The molecule has 7 aromatic rings. The highest BCUT2D eigenvalue weighted by Crippen LogP contribution is 2.53. The Morgan fingerprint density at radius 1 is 0.182 bits per heavy atom. The van der Waals surface area contributed by atoms with Crippen LogP contribution in [-0.4, -0.2) is 0 Å². The summed E-state index contributed by atoms with van der Waals surface area (Å²) >= 11 is 0. The third-order valence-corrected chi connectivity index (χ3v) is 8.98. The maximum Gasteiger partial charge on any atom is 0.0704 e. The Morgan fingerprint density at radius 2 is 0.341 bits per heavy atom.